The smallest absolute Gasteiger partial charge is 0.356 e. The lowest BCUT2D eigenvalue weighted by Gasteiger charge is -2.23. The molecule has 1 aliphatic heterocycles. The Balaban J connectivity index is 2.30. The van der Waals surface area contributed by atoms with Crippen molar-refractivity contribution in [3.8, 4) is 0 Å². The van der Waals surface area contributed by atoms with E-state index in [-0.39, 0.29) is 11.7 Å². The molecule has 15 heavy (non-hydrogen) atoms. The maximum Gasteiger partial charge on any atom is 0.356 e. The van der Waals surface area contributed by atoms with Crippen LogP contribution in [-0.2, 0) is 0 Å². The Bertz CT molecular complexity index is 368. The number of carbonyl (C=O) groups is 1. The normalized spacial score (nSPS) is 21.5. The molecule has 0 spiro atoms. The molecule has 2 rings (SSSR count). The topological polar surface area (TPSA) is 80.0 Å². The fourth-order valence-corrected chi connectivity index (χ4v) is 1.92. The zero-order valence-corrected chi connectivity index (χ0v) is 8.60. The number of rotatable bonds is 2. The van der Waals surface area contributed by atoms with Crippen LogP contribution in [0.5, 0.6) is 0 Å². The van der Waals surface area contributed by atoms with Gasteiger partial charge in [-0.3, -0.25) is 0 Å². The highest BCUT2D eigenvalue weighted by molar-refractivity contribution is 5.86. The van der Waals surface area contributed by atoms with Crippen molar-refractivity contribution in [1.82, 2.24) is 20.3 Å². The van der Waals surface area contributed by atoms with Gasteiger partial charge in [0.05, 0.1) is 11.7 Å². The van der Waals surface area contributed by atoms with Gasteiger partial charge in [-0.05, 0) is 26.3 Å². The molecule has 1 fully saturated rings. The molecule has 0 aliphatic carbocycles. The average Bonchev–Trinajstić information content (AvgIpc) is 2.61. The molecule has 0 radical (unpaired) electrons. The predicted octanol–water partition coefficient (Wildman–Crippen LogP) is 0.209. The van der Waals surface area contributed by atoms with Crippen LogP contribution in [0.3, 0.4) is 0 Å². The molecule has 1 atom stereocenters. The van der Waals surface area contributed by atoms with Gasteiger partial charge < -0.3 is 10.4 Å². The van der Waals surface area contributed by atoms with Crippen LogP contribution in [0.1, 0.15) is 35.1 Å². The van der Waals surface area contributed by atoms with Gasteiger partial charge in [-0.2, -0.15) is 0 Å². The highest BCUT2D eigenvalue weighted by Gasteiger charge is 2.24. The first-order valence-electron chi connectivity index (χ1n) is 5.06. The van der Waals surface area contributed by atoms with Crippen molar-refractivity contribution in [2.75, 3.05) is 13.1 Å². The van der Waals surface area contributed by atoms with Crippen molar-refractivity contribution in [3.05, 3.63) is 11.4 Å². The summed E-state index contributed by atoms with van der Waals surface area (Å²) in [5.41, 5.74) is 0.691. The van der Waals surface area contributed by atoms with Gasteiger partial charge >= 0.3 is 5.97 Å². The van der Waals surface area contributed by atoms with E-state index in [0.717, 1.165) is 25.9 Å². The standard InChI is InChI=1S/C9H14N4O2/c1-6-8(9(14)15)13(12-11-6)7-3-2-4-10-5-7/h7,10H,2-5H2,1H3,(H,14,15). The van der Waals surface area contributed by atoms with Gasteiger partial charge in [-0.25, -0.2) is 9.48 Å². The van der Waals surface area contributed by atoms with Gasteiger partial charge in [0.25, 0.3) is 0 Å². The fourth-order valence-electron chi connectivity index (χ4n) is 1.92. The Kier molecular flexibility index (Phi) is 2.68. The van der Waals surface area contributed by atoms with Crippen LogP contribution in [0.15, 0.2) is 0 Å². The fraction of sp³-hybridized carbons (Fsp3) is 0.667. The molecule has 1 aromatic heterocycles. The molecular weight excluding hydrogens is 196 g/mol. The number of aryl methyl sites for hydroxylation is 1. The van der Waals surface area contributed by atoms with Gasteiger partial charge in [-0.15, -0.1) is 5.10 Å². The Morgan fingerprint density at radius 2 is 2.47 bits per heavy atom. The average molecular weight is 210 g/mol. The largest absolute Gasteiger partial charge is 0.476 e. The number of carboxylic acids is 1. The minimum absolute atomic E-state index is 0.117. The van der Waals surface area contributed by atoms with Gasteiger partial charge in [0.2, 0.25) is 0 Å². The summed E-state index contributed by atoms with van der Waals surface area (Å²) < 4.78 is 1.53. The number of aromatic carboxylic acids is 1. The zero-order chi connectivity index (χ0) is 10.8. The van der Waals surface area contributed by atoms with E-state index >= 15 is 0 Å². The summed E-state index contributed by atoms with van der Waals surface area (Å²) in [5.74, 6) is -0.955. The molecule has 0 bridgehead atoms. The molecule has 0 aromatic carbocycles. The van der Waals surface area contributed by atoms with Crippen molar-refractivity contribution in [2.24, 2.45) is 0 Å². The van der Waals surface area contributed by atoms with E-state index in [1.165, 1.54) is 4.68 Å². The lowest BCUT2D eigenvalue weighted by atomic mass is 10.1. The maximum atomic E-state index is 11.0. The molecule has 1 saturated heterocycles. The molecule has 6 nitrogen and oxygen atoms in total. The van der Waals surface area contributed by atoms with E-state index in [1.54, 1.807) is 6.92 Å². The lowest BCUT2D eigenvalue weighted by molar-refractivity contribution is 0.0678. The van der Waals surface area contributed by atoms with E-state index in [0.29, 0.717) is 5.69 Å². The molecule has 0 amide bonds. The molecule has 2 heterocycles. The number of nitrogens with one attached hydrogen (secondary N) is 1. The second-order valence-electron chi connectivity index (χ2n) is 3.77. The Hall–Kier alpha value is -1.43. The first-order chi connectivity index (χ1) is 7.20. The number of carboxylic acid groups (broad SMARTS) is 1. The first-order valence-corrected chi connectivity index (χ1v) is 5.06. The minimum Gasteiger partial charge on any atom is -0.476 e. The quantitative estimate of drug-likeness (QED) is 0.729. The number of hydrogen-bond donors (Lipinski definition) is 2. The van der Waals surface area contributed by atoms with Crippen LogP contribution in [0, 0.1) is 6.92 Å². The zero-order valence-electron chi connectivity index (χ0n) is 8.60. The van der Waals surface area contributed by atoms with E-state index in [4.69, 9.17) is 5.11 Å². The highest BCUT2D eigenvalue weighted by atomic mass is 16.4. The molecule has 6 heteroatoms. The monoisotopic (exact) mass is 210 g/mol. The van der Waals surface area contributed by atoms with E-state index in [9.17, 15) is 4.79 Å². The van der Waals surface area contributed by atoms with Crippen molar-refractivity contribution in [3.63, 3.8) is 0 Å². The van der Waals surface area contributed by atoms with Crippen LogP contribution in [0.25, 0.3) is 0 Å². The number of piperidine rings is 1. The maximum absolute atomic E-state index is 11.0. The van der Waals surface area contributed by atoms with Crippen molar-refractivity contribution < 1.29 is 9.90 Å². The second-order valence-corrected chi connectivity index (χ2v) is 3.77. The van der Waals surface area contributed by atoms with Crippen LogP contribution in [0.4, 0.5) is 0 Å². The van der Waals surface area contributed by atoms with E-state index in [2.05, 4.69) is 15.6 Å². The molecule has 1 unspecified atom stereocenters. The molecule has 1 aliphatic rings. The van der Waals surface area contributed by atoms with Crippen molar-refractivity contribution in [1.29, 1.82) is 0 Å². The Labute approximate surface area is 87.3 Å². The third-order valence-corrected chi connectivity index (χ3v) is 2.68. The molecule has 2 N–H and O–H groups in total. The molecule has 0 saturated carbocycles. The second kappa shape index (κ2) is 3.98. The van der Waals surface area contributed by atoms with Crippen LogP contribution in [-0.4, -0.2) is 39.2 Å². The SMILES string of the molecule is Cc1nnn(C2CCCNC2)c1C(=O)O. The third kappa shape index (κ3) is 1.85. The number of aromatic nitrogens is 3. The summed E-state index contributed by atoms with van der Waals surface area (Å²) in [6, 6.07) is 0.117. The summed E-state index contributed by atoms with van der Waals surface area (Å²) in [6.45, 7) is 3.43. The van der Waals surface area contributed by atoms with Gasteiger partial charge in [-0.1, -0.05) is 5.21 Å². The number of nitrogens with zero attached hydrogens (tertiary/aromatic N) is 3. The summed E-state index contributed by atoms with van der Waals surface area (Å²) in [4.78, 5) is 11.0. The summed E-state index contributed by atoms with van der Waals surface area (Å²) in [7, 11) is 0. The third-order valence-electron chi connectivity index (χ3n) is 2.68. The van der Waals surface area contributed by atoms with Gasteiger partial charge in [0, 0.05) is 6.54 Å². The first kappa shape index (κ1) is 10.1. The van der Waals surface area contributed by atoms with Gasteiger partial charge in [0.15, 0.2) is 5.69 Å². The molecule has 82 valence electrons. The highest BCUT2D eigenvalue weighted by Crippen LogP contribution is 2.18. The van der Waals surface area contributed by atoms with Crippen LogP contribution in [0.2, 0.25) is 0 Å². The lowest BCUT2D eigenvalue weighted by Crippen LogP contribution is -2.33. The predicted molar refractivity (Wildman–Crippen MR) is 52.9 cm³/mol. The van der Waals surface area contributed by atoms with Crippen molar-refractivity contribution in [2.45, 2.75) is 25.8 Å². The van der Waals surface area contributed by atoms with E-state index < -0.39 is 5.97 Å². The number of hydrogen-bond acceptors (Lipinski definition) is 4. The summed E-state index contributed by atoms with van der Waals surface area (Å²) in [5, 5.41) is 20.0. The van der Waals surface area contributed by atoms with Gasteiger partial charge in [0.1, 0.15) is 0 Å². The summed E-state index contributed by atoms with van der Waals surface area (Å²) >= 11 is 0. The van der Waals surface area contributed by atoms with Crippen molar-refractivity contribution >= 4 is 5.97 Å². The minimum atomic E-state index is -0.955. The summed E-state index contributed by atoms with van der Waals surface area (Å²) in [6.07, 6.45) is 2.00. The Morgan fingerprint density at radius 3 is 3.07 bits per heavy atom. The van der Waals surface area contributed by atoms with Crippen LogP contribution >= 0.6 is 0 Å². The van der Waals surface area contributed by atoms with Crippen LogP contribution < -0.4 is 5.32 Å². The Morgan fingerprint density at radius 1 is 1.67 bits per heavy atom. The molecular formula is C9H14N4O2. The molecule has 1 aromatic rings. The van der Waals surface area contributed by atoms with E-state index in [1.807, 2.05) is 0 Å².